The number of aliphatic hydroxyl groups excluding tert-OH is 1. The lowest BCUT2D eigenvalue weighted by Gasteiger charge is -2.16. The predicted molar refractivity (Wildman–Crippen MR) is 79.3 cm³/mol. The van der Waals surface area contributed by atoms with Crippen molar-refractivity contribution in [2.45, 2.75) is 18.6 Å². The second-order valence-corrected chi connectivity index (χ2v) is 5.24. The number of aromatic nitrogens is 2. The third-order valence-corrected chi connectivity index (χ3v) is 3.65. The number of aliphatic hydroxyl groups is 1. The van der Waals surface area contributed by atoms with Crippen LogP contribution >= 0.6 is 0 Å². The first kappa shape index (κ1) is 13.6. The van der Waals surface area contributed by atoms with Crippen molar-refractivity contribution < 1.29 is 9.90 Å². The number of nitrogens with one attached hydrogen (secondary N) is 1. The molecule has 1 aliphatic carbocycles. The summed E-state index contributed by atoms with van der Waals surface area (Å²) in [5.74, 6) is -0.223. The van der Waals surface area contributed by atoms with Gasteiger partial charge >= 0.3 is 0 Å². The van der Waals surface area contributed by atoms with E-state index in [9.17, 15) is 9.90 Å². The van der Waals surface area contributed by atoms with Crippen LogP contribution in [0.2, 0.25) is 0 Å². The van der Waals surface area contributed by atoms with Gasteiger partial charge in [0.05, 0.1) is 18.3 Å². The summed E-state index contributed by atoms with van der Waals surface area (Å²) in [6.07, 6.45) is 6.68. The zero-order chi connectivity index (χ0) is 14.8. The summed E-state index contributed by atoms with van der Waals surface area (Å²) < 4.78 is 1.68. The van der Waals surface area contributed by atoms with Crippen molar-refractivity contribution in [3.8, 4) is 0 Å². The van der Waals surface area contributed by atoms with Crippen LogP contribution in [0, 0.1) is 0 Å². The first-order valence-electron chi connectivity index (χ1n) is 6.86. The summed E-state index contributed by atoms with van der Waals surface area (Å²) in [4.78, 5) is 12.0. The van der Waals surface area contributed by atoms with E-state index >= 15 is 0 Å². The van der Waals surface area contributed by atoms with Gasteiger partial charge in [-0.1, -0.05) is 24.3 Å². The maximum absolute atomic E-state index is 12.0. The molecular formula is C16H17N3O2. The average Bonchev–Trinajstić information content (AvgIpc) is 3.01. The zero-order valence-corrected chi connectivity index (χ0v) is 11.7. The quantitative estimate of drug-likeness (QED) is 0.832. The van der Waals surface area contributed by atoms with E-state index in [1.165, 1.54) is 6.08 Å². The van der Waals surface area contributed by atoms with Crippen molar-refractivity contribution in [2.24, 2.45) is 7.05 Å². The Kier molecular flexibility index (Phi) is 3.58. The van der Waals surface area contributed by atoms with Gasteiger partial charge in [0.1, 0.15) is 0 Å². The summed E-state index contributed by atoms with van der Waals surface area (Å²) in [5, 5.41) is 17.0. The largest absolute Gasteiger partial charge is 0.390 e. The Bertz CT molecular complexity index is 690. The lowest BCUT2D eigenvalue weighted by atomic mass is 10.1. The van der Waals surface area contributed by atoms with Crippen molar-refractivity contribution >= 4 is 12.0 Å². The molecule has 0 saturated heterocycles. The number of carbonyl (C=O) groups is 1. The van der Waals surface area contributed by atoms with Crippen LogP contribution in [0.1, 0.15) is 22.7 Å². The minimum Gasteiger partial charge on any atom is -0.390 e. The van der Waals surface area contributed by atoms with Crippen molar-refractivity contribution in [3.05, 3.63) is 59.4 Å². The van der Waals surface area contributed by atoms with E-state index < -0.39 is 6.10 Å². The standard InChI is InChI=1S/C16H17N3O2/c1-19-10-11(9-17-19)6-7-15(21)18-16-13-5-3-2-4-12(13)8-14(16)20/h2-7,9-10,14,16,20H,8H2,1H3,(H,18,21)/b7-6+. The Labute approximate surface area is 122 Å². The van der Waals surface area contributed by atoms with Gasteiger partial charge in [0, 0.05) is 31.3 Å². The highest BCUT2D eigenvalue weighted by atomic mass is 16.3. The van der Waals surface area contributed by atoms with Crippen LogP contribution in [0.25, 0.3) is 6.08 Å². The minimum absolute atomic E-state index is 0.223. The maximum Gasteiger partial charge on any atom is 0.244 e. The molecule has 2 N–H and O–H groups in total. The number of rotatable bonds is 3. The van der Waals surface area contributed by atoms with Crippen LogP contribution in [0.15, 0.2) is 42.7 Å². The van der Waals surface area contributed by atoms with Gasteiger partial charge in [-0.25, -0.2) is 0 Å². The van der Waals surface area contributed by atoms with Crippen LogP contribution in [0.3, 0.4) is 0 Å². The van der Waals surface area contributed by atoms with Crippen molar-refractivity contribution in [3.63, 3.8) is 0 Å². The molecule has 2 atom stereocenters. The molecule has 1 aliphatic rings. The monoisotopic (exact) mass is 283 g/mol. The van der Waals surface area contributed by atoms with E-state index in [-0.39, 0.29) is 11.9 Å². The summed E-state index contributed by atoms with van der Waals surface area (Å²) in [6, 6.07) is 7.45. The number of aryl methyl sites for hydroxylation is 1. The molecule has 21 heavy (non-hydrogen) atoms. The van der Waals surface area contributed by atoms with Crippen molar-refractivity contribution in [2.75, 3.05) is 0 Å². The molecular weight excluding hydrogens is 266 g/mol. The van der Waals surface area contributed by atoms with Crippen LogP contribution in [-0.2, 0) is 18.3 Å². The first-order valence-corrected chi connectivity index (χ1v) is 6.86. The predicted octanol–water partition coefficient (Wildman–Crippen LogP) is 1.21. The molecule has 2 unspecified atom stereocenters. The number of hydrogen-bond acceptors (Lipinski definition) is 3. The van der Waals surface area contributed by atoms with E-state index in [1.807, 2.05) is 37.5 Å². The number of carbonyl (C=O) groups excluding carboxylic acids is 1. The number of benzene rings is 1. The fourth-order valence-corrected chi connectivity index (χ4v) is 2.65. The van der Waals surface area contributed by atoms with Crippen molar-refractivity contribution in [1.82, 2.24) is 15.1 Å². The van der Waals surface area contributed by atoms with Gasteiger partial charge < -0.3 is 10.4 Å². The topological polar surface area (TPSA) is 67.2 Å². The maximum atomic E-state index is 12.0. The van der Waals surface area contributed by atoms with Crippen LogP contribution in [0.5, 0.6) is 0 Å². The lowest BCUT2D eigenvalue weighted by molar-refractivity contribution is -0.117. The van der Waals surface area contributed by atoms with Gasteiger partial charge in [0.25, 0.3) is 0 Å². The van der Waals surface area contributed by atoms with Gasteiger partial charge in [0.15, 0.2) is 0 Å². The highest BCUT2D eigenvalue weighted by Gasteiger charge is 2.31. The third-order valence-electron chi connectivity index (χ3n) is 3.65. The Hall–Kier alpha value is -2.40. The fourth-order valence-electron chi connectivity index (χ4n) is 2.65. The molecule has 108 valence electrons. The number of nitrogens with zero attached hydrogens (tertiary/aromatic N) is 2. The van der Waals surface area contributed by atoms with Gasteiger partial charge in [-0.3, -0.25) is 9.48 Å². The normalized spacial score (nSPS) is 20.7. The Morgan fingerprint density at radius 2 is 2.29 bits per heavy atom. The summed E-state index contributed by atoms with van der Waals surface area (Å²) >= 11 is 0. The molecule has 3 rings (SSSR count). The molecule has 1 aromatic carbocycles. The first-order chi connectivity index (χ1) is 10.1. The van der Waals surface area contributed by atoms with Crippen LogP contribution in [0.4, 0.5) is 0 Å². The molecule has 0 saturated carbocycles. The summed E-state index contributed by atoms with van der Waals surface area (Å²) in [5.41, 5.74) is 2.94. The molecule has 0 spiro atoms. The van der Waals surface area contributed by atoms with Gasteiger partial charge in [0.2, 0.25) is 5.91 Å². The van der Waals surface area contributed by atoms with Gasteiger partial charge in [-0.15, -0.1) is 0 Å². The molecule has 0 radical (unpaired) electrons. The smallest absolute Gasteiger partial charge is 0.244 e. The number of fused-ring (bicyclic) bond motifs is 1. The van der Waals surface area contributed by atoms with Gasteiger partial charge in [-0.05, 0) is 17.2 Å². The van der Waals surface area contributed by atoms with E-state index in [0.29, 0.717) is 6.42 Å². The van der Waals surface area contributed by atoms with E-state index in [0.717, 1.165) is 16.7 Å². The molecule has 1 heterocycles. The van der Waals surface area contributed by atoms with Crippen LogP contribution in [-0.4, -0.2) is 26.9 Å². The number of amides is 1. The molecule has 1 aromatic heterocycles. The summed E-state index contributed by atoms with van der Waals surface area (Å²) in [6.45, 7) is 0. The molecule has 5 heteroatoms. The Morgan fingerprint density at radius 3 is 3.05 bits per heavy atom. The molecule has 0 fully saturated rings. The third kappa shape index (κ3) is 2.87. The molecule has 1 amide bonds. The molecule has 5 nitrogen and oxygen atoms in total. The van der Waals surface area contributed by atoms with E-state index in [4.69, 9.17) is 0 Å². The van der Waals surface area contributed by atoms with E-state index in [1.54, 1.807) is 17.0 Å². The second-order valence-electron chi connectivity index (χ2n) is 5.24. The minimum atomic E-state index is -0.571. The highest BCUT2D eigenvalue weighted by Crippen LogP contribution is 2.31. The highest BCUT2D eigenvalue weighted by molar-refractivity contribution is 5.92. The van der Waals surface area contributed by atoms with Crippen LogP contribution < -0.4 is 5.32 Å². The fraction of sp³-hybridized carbons (Fsp3) is 0.250. The van der Waals surface area contributed by atoms with E-state index in [2.05, 4.69) is 10.4 Å². The zero-order valence-electron chi connectivity index (χ0n) is 11.7. The SMILES string of the molecule is Cn1cc(/C=C/C(=O)NC2c3ccccc3CC2O)cn1. The average molecular weight is 283 g/mol. The second kappa shape index (κ2) is 5.54. The number of hydrogen-bond donors (Lipinski definition) is 2. The van der Waals surface area contributed by atoms with Crippen molar-refractivity contribution in [1.29, 1.82) is 0 Å². The summed E-state index contributed by atoms with van der Waals surface area (Å²) in [7, 11) is 1.82. The molecule has 0 bridgehead atoms. The lowest BCUT2D eigenvalue weighted by Crippen LogP contribution is -2.32. The Morgan fingerprint density at radius 1 is 1.48 bits per heavy atom. The van der Waals surface area contributed by atoms with Gasteiger partial charge in [-0.2, -0.15) is 5.10 Å². The molecule has 2 aromatic rings. The molecule has 0 aliphatic heterocycles. The Balaban J connectivity index is 1.69.